The third-order valence-corrected chi connectivity index (χ3v) is 4.77. The number of ether oxygens (including phenoxy) is 1. The van der Waals surface area contributed by atoms with Crippen molar-refractivity contribution >= 4 is 46.8 Å². The van der Waals surface area contributed by atoms with E-state index in [1.54, 1.807) is 42.5 Å². The van der Waals surface area contributed by atoms with Gasteiger partial charge in [0.05, 0.1) is 15.0 Å². The molecule has 0 amide bonds. The van der Waals surface area contributed by atoms with E-state index >= 15 is 0 Å². The Morgan fingerprint density at radius 1 is 1.00 bits per heavy atom. The van der Waals surface area contributed by atoms with Gasteiger partial charge in [-0.15, -0.1) is 0 Å². The fourth-order valence-electron chi connectivity index (χ4n) is 2.65. The van der Waals surface area contributed by atoms with Crippen LogP contribution in [-0.4, -0.2) is 16.8 Å². The molecule has 2 heterocycles. The van der Waals surface area contributed by atoms with Crippen molar-refractivity contribution in [1.82, 2.24) is 0 Å². The van der Waals surface area contributed by atoms with E-state index in [9.17, 15) is 14.9 Å². The maximum absolute atomic E-state index is 12.1. The number of aliphatic imine (C=N–C) groups is 1. The molecule has 1 aromatic heterocycles. The number of halogens is 2. The third kappa shape index (κ3) is 3.91. The highest BCUT2D eigenvalue weighted by Gasteiger charge is 2.25. The van der Waals surface area contributed by atoms with Crippen molar-refractivity contribution in [3.63, 3.8) is 0 Å². The molecule has 7 nitrogen and oxygen atoms in total. The molecule has 0 saturated heterocycles. The zero-order valence-electron chi connectivity index (χ0n) is 14.5. The van der Waals surface area contributed by atoms with Crippen LogP contribution in [0.4, 0.5) is 5.69 Å². The van der Waals surface area contributed by atoms with Crippen LogP contribution in [0, 0.1) is 10.1 Å². The van der Waals surface area contributed by atoms with Crippen LogP contribution < -0.4 is 0 Å². The zero-order chi connectivity index (χ0) is 20.5. The molecule has 0 radical (unpaired) electrons. The molecule has 0 spiro atoms. The molecule has 2 aromatic carbocycles. The average Bonchev–Trinajstić information content (AvgIpc) is 3.31. The number of furan rings is 1. The third-order valence-electron chi connectivity index (χ3n) is 4.03. The van der Waals surface area contributed by atoms with Crippen LogP contribution in [0.3, 0.4) is 0 Å². The van der Waals surface area contributed by atoms with Crippen LogP contribution in [0.1, 0.15) is 11.3 Å². The number of cyclic esters (lactones) is 1. The quantitative estimate of drug-likeness (QED) is 0.236. The molecule has 0 saturated carbocycles. The van der Waals surface area contributed by atoms with Crippen LogP contribution >= 0.6 is 23.2 Å². The van der Waals surface area contributed by atoms with Gasteiger partial charge in [-0.2, -0.15) is 0 Å². The standard InChI is InChI=1S/C20H10Cl2N2O5/c21-15-6-4-12(9-16(15)22)19-23-17(20(25)29-19)10-14-5-7-18(28-14)11-2-1-3-13(8-11)24(26)27/h1-10H/b17-10-. The summed E-state index contributed by atoms with van der Waals surface area (Å²) >= 11 is 11.9. The van der Waals surface area contributed by atoms with E-state index in [1.807, 2.05) is 0 Å². The Morgan fingerprint density at radius 2 is 1.83 bits per heavy atom. The van der Waals surface area contributed by atoms with Crippen LogP contribution in [0.5, 0.6) is 0 Å². The lowest BCUT2D eigenvalue weighted by atomic mass is 10.1. The fourth-order valence-corrected chi connectivity index (χ4v) is 2.95. The minimum atomic E-state index is -0.639. The summed E-state index contributed by atoms with van der Waals surface area (Å²) in [5, 5.41) is 11.6. The van der Waals surface area contributed by atoms with Crippen LogP contribution in [0.15, 0.2) is 69.7 Å². The summed E-state index contributed by atoms with van der Waals surface area (Å²) < 4.78 is 10.9. The van der Waals surface area contributed by atoms with Crippen molar-refractivity contribution in [2.24, 2.45) is 4.99 Å². The molecule has 0 atom stereocenters. The fraction of sp³-hybridized carbons (Fsp3) is 0. The number of esters is 1. The van der Waals surface area contributed by atoms with E-state index in [4.69, 9.17) is 32.4 Å². The van der Waals surface area contributed by atoms with Gasteiger partial charge in [-0.25, -0.2) is 9.79 Å². The first-order valence-corrected chi connectivity index (χ1v) is 8.99. The molecule has 4 rings (SSSR count). The lowest BCUT2D eigenvalue weighted by Gasteiger charge is -2.01. The molecule has 0 aliphatic carbocycles. The molecule has 1 aliphatic heterocycles. The zero-order valence-corrected chi connectivity index (χ0v) is 16.0. The normalized spacial score (nSPS) is 14.8. The van der Waals surface area contributed by atoms with Gasteiger partial charge in [0.2, 0.25) is 5.90 Å². The van der Waals surface area contributed by atoms with E-state index in [0.29, 0.717) is 32.7 Å². The molecular formula is C20H10Cl2N2O5. The van der Waals surface area contributed by atoms with Gasteiger partial charge in [0.25, 0.3) is 5.69 Å². The number of carbonyl (C=O) groups excluding carboxylic acids is 1. The highest BCUT2D eigenvalue weighted by Crippen LogP contribution is 2.28. The second kappa shape index (κ2) is 7.54. The van der Waals surface area contributed by atoms with Crippen molar-refractivity contribution in [3.8, 4) is 11.3 Å². The largest absolute Gasteiger partial charge is 0.457 e. The molecule has 0 fully saturated rings. The summed E-state index contributed by atoms with van der Waals surface area (Å²) in [6.07, 6.45) is 1.42. The lowest BCUT2D eigenvalue weighted by molar-refractivity contribution is -0.384. The number of nitro benzene ring substituents is 1. The van der Waals surface area contributed by atoms with Gasteiger partial charge in [-0.05, 0) is 30.3 Å². The number of nitro groups is 1. The van der Waals surface area contributed by atoms with Crippen molar-refractivity contribution in [2.45, 2.75) is 0 Å². The molecule has 9 heteroatoms. The topological polar surface area (TPSA) is 94.9 Å². The number of non-ortho nitro benzene ring substituents is 1. The molecule has 0 N–H and O–H groups in total. The van der Waals surface area contributed by atoms with Gasteiger partial charge in [0, 0.05) is 29.3 Å². The van der Waals surface area contributed by atoms with Crippen LogP contribution in [0.2, 0.25) is 10.0 Å². The van der Waals surface area contributed by atoms with Crippen molar-refractivity contribution in [2.75, 3.05) is 0 Å². The Hall–Kier alpha value is -3.42. The molecule has 0 unspecified atom stereocenters. The predicted octanol–water partition coefficient (Wildman–Crippen LogP) is 5.51. The van der Waals surface area contributed by atoms with E-state index in [1.165, 1.54) is 18.2 Å². The minimum absolute atomic E-state index is 0.0472. The first-order valence-electron chi connectivity index (χ1n) is 8.23. The van der Waals surface area contributed by atoms with E-state index in [2.05, 4.69) is 4.99 Å². The monoisotopic (exact) mass is 428 g/mol. The molecule has 0 bridgehead atoms. The Labute approximate surface area is 174 Å². The summed E-state index contributed by atoms with van der Waals surface area (Å²) in [5.41, 5.74) is 1.05. The molecule has 144 valence electrons. The van der Waals surface area contributed by atoms with E-state index in [0.717, 1.165) is 0 Å². The first kappa shape index (κ1) is 18.9. The number of hydrogen-bond acceptors (Lipinski definition) is 6. The number of nitrogens with zero attached hydrogens (tertiary/aromatic N) is 2. The highest BCUT2D eigenvalue weighted by atomic mass is 35.5. The van der Waals surface area contributed by atoms with Gasteiger partial charge >= 0.3 is 5.97 Å². The molecular weight excluding hydrogens is 419 g/mol. The molecule has 1 aliphatic rings. The molecule has 3 aromatic rings. The van der Waals surface area contributed by atoms with Gasteiger partial charge in [-0.3, -0.25) is 10.1 Å². The van der Waals surface area contributed by atoms with Crippen molar-refractivity contribution in [3.05, 3.63) is 91.8 Å². The van der Waals surface area contributed by atoms with Gasteiger partial charge in [0.15, 0.2) is 5.70 Å². The molecule has 29 heavy (non-hydrogen) atoms. The first-order chi connectivity index (χ1) is 13.9. The van der Waals surface area contributed by atoms with E-state index < -0.39 is 10.9 Å². The SMILES string of the molecule is O=C1OC(c2ccc(Cl)c(Cl)c2)=N/C1=C\c1ccc(-c2cccc([N+](=O)[O-])c2)o1. The number of rotatable bonds is 4. The maximum Gasteiger partial charge on any atom is 0.363 e. The van der Waals surface area contributed by atoms with E-state index in [-0.39, 0.29) is 17.3 Å². The summed E-state index contributed by atoms with van der Waals surface area (Å²) in [5.74, 6) is 0.225. The Balaban J connectivity index is 1.62. The predicted molar refractivity (Wildman–Crippen MR) is 108 cm³/mol. The number of benzene rings is 2. The summed E-state index contributed by atoms with van der Waals surface area (Å²) in [4.78, 5) is 26.8. The minimum Gasteiger partial charge on any atom is -0.457 e. The van der Waals surface area contributed by atoms with Gasteiger partial charge in [-0.1, -0.05) is 35.3 Å². The van der Waals surface area contributed by atoms with Gasteiger partial charge in [0.1, 0.15) is 11.5 Å². The second-order valence-electron chi connectivity index (χ2n) is 5.97. The smallest absolute Gasteiger partial charge is 0.363 e. The summed E-state index contributed by atoms with van der Waals surface area (Å²) in [6, 6.07) is 14.1. The van der Waals surface area contributed by atoms with Gasteiger partial charge < -0.3 is 9.15 Å². The second-order valence-corrected chi connectivity index (χ2v) is 6.79. The van der Waals surface area contributed by atoms with Crippen LogP contribution in [-0.2, 0) is 9.53 Å². The Morgan fingerprint density at radius 3 is 2.59 bits per heavy atom. The Bertz CT molecular complexity index is 1210. The van der Waals surface area contributed by atoms with Crippen molar-refractivity contribution < 1.29 is 18.9 Å². The van der Waals surface area contributed by atoms with Crippen LogP contribution in [0.25, 0.3) is 17.4 Å². The summed E-state index contributed by atoms with van der Waals surface area (Å²) in [6.45, 7) is 0. The lowest BCUT2D eigenvalue weighted by Crippen LogP contribution is -2.05. The number of hydrogen-bond donors (Lipinski definition) is 0. The average molecular weight is 429 g/mol. The maximum atomic E-state index is 12.1. The summed E-state index contributed by atoms with van der Waals surface area (Å²) in [7, 11) is 0. The van der Waals surface area contributed by atoms with Crippen molar-refractivity contribution in [1.29, 1.82) is 0 Å². The Kier molecular flexibility index (Phi) is 4.92. The number of carbonyl (C=O) groups is 1. The highest BCUT2D eigenvalue weighted by molar-refractivity contribution is 6.42.